The van der Waals surface area contributed by atoms with Gasteiger partial charge in [0.05, 0.1) is 6.10 Å². The number of hydrogen-bond donors (Lipinski definition) is 3. The first-order valence-electron chi connectivity index (χ1n) is 7.04. The molecule has 0 unspecified atom stereocenters. The fraction of sp³-hybridized carbons (Fsp3) is 0.467. The van der Waals surface area contributed by atoms with Crippen LogP contribution in [0.5, 0.6) is 0 Å². The molecule has 0 spiro atoms. The number of nitrogens with one attached hydrogen (secondary N) is 2. The van der Waals surface area contributed by atoms with Gasteiger partial charge >= 0.3 is 0 Å². The molecular formula is C15H22ClN3O3. The summed E-state index contributed by atoms with van der Waals surface area (Å²) in [5.74, 6) is -0.324. The minimum absolute atomic E-state index is 0. The maximum absolute atomic E-state index is 12.1. The Labute approximate surface area is 136 Å². The Bertz CT molecular complexity index is 551. The zero-order valence-electron chi connectivity index (χ0n) is 12.7. The standard InChI is InChI=1S/C15H21N3O3.ClH/c1-9-3-4-11(7-13(9)17-10(2)19)18-15(20)14-6-5-12(8-16)21-14;/h3-4,7,12,14H,5-6,8,16H2,1-2H3,(H,17,19)(H,18,20);1H/t12-,14+;/m1./s1. The van der Waals surface area contributed by atoms with Gasteiger partial charge in [0.2, 0.25) is 5.91 Å². The van der Waals surface area contributed by atoms with Crippen molar-refractivity contribution in [1.82, 2.24) is 0 Å². The highest BCUT2D eigenvalue weighted by molar-refractivity contribution is 5.96. The number of carbonyl (C=O) groups is 2. The van der Waals surface area contributed by atoms with E-state index in [1.54, 1.807) is 12.1 Å². The van der Waals surface area contributed by atoms with Crippen molar-refractivity contribution in [3.05, 3.63) is 23.8 Å². The second kappa shape index (κ2) is 8.12. The molecule has 1 aromatic carbocycles. The molecule has 0 saturated carbocycles. The normalized spacial score (nSPS) is 20.1. The number of carbonyl (C=O) groups excluding carboxylic acids is 2. The van der Waals surface area contributed by atoms with Crippen molar-refractivity contribution >= 4 is 35.6 Å². The predicted molar refractivity (Wildman–Crippen MR) is 88.3 cm³/mol. The Kier molecular flexibility index (Phi) is 6.80. The molecule has 7 heteroatoms. The highest BCUT2D eigenvalue weighted by Crippen LogP contribution is 2.23. The van der Waals surface area contributed by atoms with Gasteiger partial charge in [-0.05, 0) is 37.5 Å². The van der Waals surface area contributed by atoms with Crippen molar-refractivity contribution in [3.8, 4) is 0 Å². The zero-order valence-corrected chi connectivity index (χ0v) is 13.5. The molecule has 0 aromatic heterocycles. The first kappa shape index (κ1) is 18.4. The summed E-state index contributed by atoms with van der Waals surface area (Å²) in [6.07, 6.45) is 0.996. The minimum atomic E-state index is -0.455. The van der Waals surface area contributed by atoms with Crippen LogP contribution in [0.4, 0.5) is 11.4 Å². The Morgan fingerprint density at radius 2 is 2.05 bits per heavy atom. The molecule has 1 fully saturated rings. The van der Waals surface area contributed by atoms with E-state index in [0.29, 0.717) is 24.3 Å². The largest absolute Gasteiger partial charge is 0.364 e. The van der Waals surface area contributed by atoms with Crippen LogP contribution in [0.3, 0.4) is 0 Å². The van der Waals surface area contributed by atoms with Crippen molar-refractivity contribution < 1.29 is 14.3 Å². The minimum Gasteiger partial charge on any atom is -0.364 e. The molecule has 2 atom stereocenters. The Hall–Kier alpha value is -1.63. The molecule has 1 aromatic rings. The van der Waals surface area contributed by atoms with Crippen molar-refractivity contribution in [3.63, 3.8) is 0 Å². The number of nitrogens with two attached hydrogens (primary N) is 1. The number of amides is 2. The topological polar surface area (TPSA) is 93.5 Å². The lowest BCUT2D eigenvalue weighted by molar-refractivity contribution is -0.126. The van der Waals surface area contributed by atoms with E-state index in [0.717, 1.165) is 12.0 Å². The summed E-state index contributed by atoms with van der Waals surface area (Å²) in [5, 5.41) is 5.55. The fourth-order valence-electron chi connectivity index (χ4n) is 2.32. The van der Waals surface area contributed by atoms with Gasteiger partial charge in [0.15, 0.2) is 0 Å². The van der Waals surface area contributed by atoms with Crippen LogP contribution in [0.25, 0.3) is 0 Å². The molecule has 1 aliphatic rings. The molecule has 22 heavy (non-hydrogen) atoms. The van der Waals surface area contributed by atoms with E-state index in [4.69, 9.17) is 10.5 Å². The molecule has 6 nitrogen and oxygen atoms in total. The molecule has 122 valence electrons. The van der Waals surface area contributed by atoms with E-state index >= 15 is 0 Å². The van der Waals surface area contributed by atoms with Crippen LogP contribution in [0.1, 0.15) is 25.3 Å². The maximum Gasteiger partial charge on any atom is 0.253 e. The molecule has 4 N–H and O–H groups in total. The van der Waals surface area contributed by atoms with E-state index in [1.165, 1.54) is 6.92 Å². The van der Waals surface area contributed by atoms with Crippen LogP contribution >= 0.6 is 12.4 Å². The lowest BCUT2D eigenvalue weighted by Gasteiger charge is -2.14. The number of halogens is 1. The van der Waals surface area contributed by atoms with Gasteiger partial charge in [-0.1, -0.05) is 6.07 Å². The number of hydrogen-bond acceptors (Lipinski definition) is 4. The number of benzene rings is 1. The molecule has 1 saturated heterocycles. The molecule has 2 amide bonds. The van der Waals surface area contributed by atoms with E-state index in [9.17, 15) is 9.59 Å². The van der Waals surface area contributed by atoms with Gasteiger partial charge in [0, 0.05) is 24.8 Å². The summed E-state index contributed by atoms with van der Waals surface area (Å²) in [6.45, 7) is 3.77. The first-order chi connectivity index (χ1) is 9.99. The zero-order chi connectivity index (χ0) is 15.4. The predicted octanol–water partition coefficient (Wildman–Crippen LogP) is 1.82. The van der Waals surface area contributed by atoms with Gasteiger partial charge in [-0.2, -0.15) is 0 Å². The molecule has 2 rings (SSSR count). The van der Waals surface area contributed by atoms with Gasteiger partial charge in [-0.3, -0.25) is 9.59 Å². The summed E-state index contributed by atoms with van der Waals surface area (Å²) < 4.78 is 5.56. The van der Waals surface area contributed by atoms with E-state index in [2.05, 4.69) is 10.6 Å². The Morgan fingerprint density at radius 1 is 1.32 bits per heavy atom. The van der Waals surface area contributed by atoms with E-state index in [-0.39, 0.29) is 30.3 Å². The van der Waals surface area contributed by atoms with Crippen LogP contribution in [0.15, 0.2) is 18.2 Å². The SMILES string of the molecule is CC(=O)Nc1cc(NC(=O)[C@@H]2CC[C@H](CN)O2)ccc1C.Cl. The van der Waals surface area contributed by atoms with E-state index < -0.39 is 6.10 Å². The summed E-state index contributed by atoms with van der Waals surface area (Å²) in [6, 6.07) is 5.39. The second-order valence-corrected chi connectivity index (χ2v) is 5.26. The smallest absolute Gasteiger partial charge is 0.253 e. The number of rotatable bonds is 4. The Morgan fingerprint density at radius 3 is 2.64 bits per heavy atom. The number of ether oxygens (including phenoxy) is 1. The lowest BCUT2D eigenvalue weighted by atomic mass is 10.1. The van der Waals surface area contributed by atoms with Gasteiger partial charge in [-0.25, -0.2) is 0 Å². The lowest BCUT2D eigenvalue weighted by Crippen LogP contribution is -2.29. The quantitative estimate of drug-likeness (QED) is 0.786. The van der Waals surface area contributed by atoms with E-state index in [1.807, 2.05) is 13.0 Å². The summed E-state index contributed by atoms with van der Waals surface area (Å²) in [7, 11) is 0. The third-order valence-electron chi connectivity index (χ3n) is 3.48. The molecular weight excluding hydrogens is 306 g/mol. The van der Waals surface area contributed by atoms with Crippen LogP contribution in [-0.4, -0.2) is 30.6 Å². The summed E-state index contributed by atoms with van der Waals surface area (Å²) in [5.41, 5.74) is 7.79. The molecule has 1 aliphatic heterocycles. The van der Waals surface area contributed by atoms with Crippen molar-refractivity contribution in [2.45, 2.75) is 38.9 Å². The molecule has 0 radical (unpaired) electrons. The second-order valence-electron chi connectivity index (χ2n) is 5.26. The summed E-state index contributed by atoms with van der Waals surface area (Å²) in [4.78, 5) is 23.3. The van der Waals surface area contributed by atoms with Crippen molar-refractivity contribution in [2.24, 2.45) is 5.73 Å². The molecule has 0 aliphatic carbocycles. The highest BCUT2D eigenvalue weighted by Gasteiger charge is 2.29. The third-order valence-corrected chi connectivity index (χ3v) is 3.48. The summed E-state index contributed by atoms with van der Waals surface area (Å²) >= 11 is 0. The third kappa shape index (κ3) is 4.69. The van der Waals surface area contributed by atoms with Gasteiger partial charge in [0.25, 0.3) is 5.91 Å². The highest BCUT2D eigenvalue weighted by atomic mass is 35.5. The Balaban J connectivity index is 0.00000242. The van der Waals surface area contributed by atoms with Gasteiger partial charge in [0.1, 0.15) is 6.10 Å². The average Bonchev–Trinajstić information content (AvgIpc) is 2.91. The van der Waals surface area contributed by atoms with Crippen LogP contribution in [-0.2, 0) is 14.3 Å². The molecule has 1 heterocycles. The number of anilines is 2. The maximum atomic E-state index is 12.1. The van der Waals surface area contributed by atoms with Crippen LogP contribution in [0, 0.1) is 6.92 Å². The molecule has 0 bridgehead atoms. The monoisotopic (exact) mass is 327 g/mol. The van der Waals surface area contributed by atoms with Gasteiger partial charge in [-0.15, -0.1) is 12.4 Å². The van der Waals surface area contributed by atoms with Crippen molar-refractivity contribution in [1.29, 1.82) is 0 Å². The number of aryl methyl sites for hydroxylation is 1. The van der Waals surface area contributed by atoms with Crippen LogP contribution in [0.2, 0.25) is 0 Å². The average molecular weight is 328 g/mol. The van der Waals surface area contributed by atoms with Crippen molar-refractivity contribution in [2.75, 3.05) is 17.2 Å². The first-order valence-corrected chi connectivity index (χ1v) is 7.04. The van der Waals surface area contributed by atoms with Gasteiger partial charge < -0.3 is 21.1 Å². The van der Waals surface area contributed by atoms with Crippen LogP contribution < -0.4 is 16.4 Å². The fourth-order valence-corrected chi connectivity index (χ4v) is 2.32.